The third-order valence-electron chi connectivity index (χ3n) is 7.30. The van der Waals surface area contributed by atoms with Gasteiger partial charge in [-0.3, -0.25) is 25.9 Å². The van der Waals surface area contributed by atoms with Gasteiger partial charge in [-0.1, -0.05) is 48.7 Å². The first kappa shape index (κ1) is 23.2. The van der Waals surface area contributed by atoms with Crippen LogP contribution in [0.25, 0.3) is 0 Å². The highest BCUT2D eigenvalue weighted by molar-refractivity contribution is 6.30. The molecular formula is C25H29ClFN5O2. The Morgan fingerprint density at radius 2 is 1.79 bits per heavy atom. The molecule has 3 aliphatic rings. The quantitative estimate of drug-likeness (QED) is 0.522. The predicted molar refractivity (Wildman–Crippen MR) is 128 cm³/mol. The Labute approximate surface area is 203 Å². The largest absolute Gasteiger partial charge is 0.308 e. The predicted octanol–water partition coefficient (Wildman–Crippen LogP) is 3.22. The van der Waals surface area contributed by atoms with Crippen LogP contribution in [0.4, 0.5) is 10.1 Å². The average Bonchev–Trinajstić information content (AvgIpc) is 3.40. The normalized spacial score (nSPS) is 25.0. The molecule has 0 bridgehead atoms. The van der Waals surface area contributed by atoms with E-state index < -0.39 is 5.82 Å². The molecule has 2 amide bonds. The first-order valence-electron chi connectivity index (χ1n) is 11.9. The molecule has 4 N–H and O–H groups in total. The second-order valence-electron chi connectivity index (χ2n) is 9.35. The fourth-order valence-corrected chi connectivity index (χ4v) is 5.61. The van der Waals surface area contributed by atoms with Gasteiger partial charge in [-0.2, -0.15) is 0 Å². The highest BCUT2D eigenvalue weighted by atomic mass is 35.5. The number of rotatable bonds is 5. The van der Waals surface area contributed by atoms with Crippen LogP contribution in [0.2, 0.25) is 5.02 Å². The van der Waals surface area contributed by atoms with Crippen molar-refractivity contribution in [3.8, 4) is 0 Å². The van der Waals surface area contributed by atoms with E-state index in [0.717, 1.165) is 31.2 Å². The van der Waals surface area contributed by atoms with Gasteiger partial charge in [-0.15, -0.1) is 0 Å². The first-order chi connectivity index (χ1) is 16.5. The van der Waals surface area contributed by atoms with E-state index in [4.69, 9.17) is 11.6 Å². The highest BCUT2D eigenvalue weighted by Gasteiger charge is 2.40. The Hall–Kier alpha value is -2.52. The summed E-state index contributed by atoms with van der Waals surface area (Å²) in [5.41, 5.74) is 14.1. The van der Waals surface area contributed by atoms with Crippen LogP contribution in [0.15, 0.2) is 42.5 Å². The van der Waals surface area contributed by atoms with Gasteiger partial charge in [0.05, 0.1) is 23.5 Å². The summed E-state index contributed by atoms with van der Waals surface area (Å²) in [6, 6.07) is 12.7. The number of halogens is 2. The second kappa shape index (κ2) is 10.00. The van der Waals surface area contributed by atoms with E-state index in [1.54, 1.807) is 17.0 Å². The Morgan fingerprint density at radius 1 is 1.06 bits per heavy atom. The van der Waals surface area contributed by atoms with Crippen molar-refractivity contribution in [2.75, 3.05) is 18.0 Å². The summed E-state index contributed by atoms with van der Waals surface area (Å²) in [6.07, 6.45) is 4.14. The summed E-state index contributed by atoms with van der Waals surface area (Å²) in [5, 5.41) is 0.0388. The molecule has 1 aliphatic carbocycles. The highest BCUT2D eigenvalue weighted by Crippen LogP contribution is 2.41. The third kappa shape index (κ3) is 4.55. The summed E-state index contributed by atoms with van der Waals surface area (Å²) in [6.45, 7) is 1.11. The fourth-order valence-electron chi connectivity index (χ4n) is 5.42. The third-order valence-corrected chi connectivity index (χ3v) is 7.59. The van der Waals surface area contributed by atoms with Gasteiger partial charge in [-0.25, -0.2) is 9.82 Å². The van der Waals surface area contributed by atoms with Crippen molar-refractivity contribution in [1.29, 1.82) is 0 Å². The van der Waals surface area contributed by atoms with Gasteiger partial charge >= 0.3 is 0 Å². The SMILES string of the molecule is O=C1NNC(c2ccc(N(Cc3cccc(Cl)c3F)C(=O)C3CNNC3)cc2)C2CCCCC12. The van der Waals surface area contributed by atoms with Gasteiger partial charge in [0.25, 0.3) is 0 Å². The molecule has 2 aliphatic heterocycles. The number of amides is 2. The van der Waals surface area contributed by atoms with Crippen LogP contribution in [0, 0.1) is 23.6 Å². The number of fused-ring (bicyclic) bond motifs is 1. The van der Waals surface area contributed by atoms with E-state index in [2.05, 4.69) is 21.7 Å². The molecule has 5 rings (SSSR count). The Bertz CT molecular complexity index is 1060. The first-order valence-corrected chi connectivity index (χ1v) is 12.3. The topological polar surface area (TPSA) is 85.5 Å². The van der Waals surface area contributed by atoms with Gasteiger partial charge in [0.1, 0.15) is 5.82 Å². The van der Waals surface area contributed by atoms with Crippen molar-refractivity contribution in [2.45, 2.75) is 38.3 Å². The molecular weight excluding hydrogens is 457 g/mol. The molecule has 3 unspecified atom stereocenters. The van der Waals surface area contributed by atoms with Crippen LogP contribution in [0.1, 0.15) is 42.9 Å². The number of benzene rings is 2. The minimum atomic E-state index is -0.508. The minimum Gasteiger partial charge on any atom is -0.308 e. The maximum absolute atomic E-state index is 14.7. The maximum atomic E-state index is 14.7. The molecule has 2 saturated heterocycles. The van der Waals surface area contributed by atoms with Crippen LogP contribution in [0.5, 0.6) is 0 Å². The van der Waals surface area contributed by atoms with E-state index in [1.807, 2.05) is 24.3 Å². The van der Waals surface area contributed by atoms with Crippen LogP contribution in [0.3, 0.4) is 0 Å². The Kier molecular flexibility index (Phi) is 6.83. The Balaban J connectivity index is 1.41. The molecule has 3 fully saturated rings. The summed E-state index contributed by atoms with van der Waals surface area (Å²) in [4.78, 5) is 27.3. The fraction of sp³-hybridized carbons (Fsp3) is 0.440. The van der Waals surface area contributed by atoms with E-state index in [1.165, 1.54) is 6.07 Å². The zero-order chi connectivity index (χ0) is 23.7. The lowest BCUT2D eigenvalue weighted by atomic mass is 9.72. The van der Waals surface area contributed by atoms with E-state index in [-0.39, 0.29) is 47.2 Å². The maximum Gasteiger partial charge on any atom is 0.237 e. The molecule has 2 aromatic carbocycles. The van der Waals surface area contributed by atoms with Crippen molar-refractivity contribution < 1.29 is 14.0 Å². The molecule has 180 valence electrons. The van der Waals surface area contributed by atoms with Crippen molar-refractivity contribution in [3.05, 3.63) is 64.4 Å². The summed E-state index contributed by atoms with van der Waals surface area (Å²) >= 11 is 5.99. The summed E-state index contributed by atoms with van der Waals surface area (Å²) in [5.74, 6) is -0.475. The molecule has 1 saturated carbocycles. The number of nitrogens with zero attached hydrogens (tertiary/aromatic N) is 1. The zero-order valence-electron chi connectivity index (χ0n) is 18.8. The smallest absolute Gasteiger partial charge is 0.237 e. The van der Waals surface area contributed by atoms with Gasteiger partial charge in [0, 0.05) is 30.3 Å². The van der Waals surface area contributed by atoms with Crippen molar-refractivity contribution in [2.24, 2.45) is 17.8 Å². The minimum absolute atomic E-state index is 0.0230. The van der Waals surface area contributed by atoms with Gasteiger partial charge in [-0.05, 0) is 42.5 Å². The second-order valence-corrected chi connectivity index (χ2v) is 9.76. The van der Waals surface area contributed by atoms with Crippen molar-refractivity contribution >= 4 is 29.1 Å². The van der Waals surface area contributed by atoms with Crippen molar-refractivity contribution in [3.63, 3.8) is 0 Å². The van der Waals surface area contributed by atoms with Crippen LogP contribution >= 0.6 is 11.6 Å². The lowest BCUT2D eigenvalue weighted by Gasteiger charge is -2.41. The van der Waals surface area contributed by atoms with Gasteiger partial charge in [0.2, 0.25) is 11.8 Å². The molecule has 0 aromatic heterocycles. The zero-order valence-corrected chi connectivity index (χ0v) is 19.6. The molecule has 7 nitrogen and oxygen atoms in total. The van der Waals surface area contributed by atoms with Crippen LogP contribution in [-0.4, -0.2) is 24.9 Å². The van der Waals surface area contributed by atoms with E-state index >= 15 is 0 Å². The molecule has 2 aromatic rings. The molecule has 2 heterocycles. The molecule has 0 spiro atoms. The monoisotopic (exact) mass is 485 g/mol. The van der Waals surface area contributed by atoms with Gasteiger partial charge in [0.15, 0.2) is 0 Å². The number of hydrogen-bond acceptors (Lipinski definition) is 5. The summed E-state index contributed by atoms with van der Waals surface area (Å²) in [7, 11) is 0. The molecule has 0 radical (unpaired) electrons. The Morgan fingerprint density at radius 3 is 2.56 bits per heavy atom. The molecule has 34 heavy (non-hydrogen) atoms. The standard InChI is InChI=1S/C25H29ClFN5O2/c26-21-7-3-4-16(22(21)27)14-32(25(34)17-12-28-29-13-17)18-10-8-15(9-11-18)23-19-5-1-2-6-20(19)24(33)31-30-23/h3-4,7-11,17,19-20,23,28-30H,1-2,5-6,12-14H2,(H,31,33). The number of carbonyl (C=O) groups excluding carboxylic acids is 2. The lowest BCUT2D eigenvalue weighted by molar-refractivity contribution is -0.133. The molecule has 3 atom stereocenters. The van der Waals surface area contributed by atoms with E-state index in [9.17, 15) is 14.0 Å². The average molecular weight is 486 g/mol. The van der Waals surface area contributed by atoms with Crippen LogP contribution in [-0.2, 0) is 16.1 Å². The number of nitrogens with one attached hydrogen (secondary N) is 4. The number of hydrogen-bond donors (Lipinski definition) is 4. The molecule has 9 heteroatoms. The number of anilines is 1. The number of hydrazine groups is 2. The van der Waals surface area contributed by atoms with Gasteiger partial charge < -0.3 is 4.90 Å². The van der Waals surface area contributed by atoms with Crippen LogP contribution < -0.4 is 26.6 Å². The van der Waals surface area contributed by atoms with Crippen molar-refractivity contribution in [1.82, 2.24) is 21.7 Å². The lowest BCUT2D eigenvalue weighted by Crippen LogP contribution is -2.55. The van der Waals surface area contributed by atoms with E-state index in [0.29, 0.717) is 24.3 Å². The summed E-state index contributed by atoms with van der Waals surface area (Å²) < 4.78 is 14.7. The number of carbonyl (C=O) groups is 2.